The van der Waals surface area contributed by atoms with Gasteiger partial charge in [-0.2, -0.15) is 4.31 Å². The second kappa shape index (κ2) is 15.8. The van der Waals surface area contributed by atoms with Crippen molar-refractivity contribution in [3.63, 3.8) is 0 Å². The average molecular weight is 636 g/mol. The van der Waals surface area contributed by atoms with Gasteiger partial charge in [-0.05, 0) is 67.4 Å². The van der Waals surface area contributed by atoms with E-state index >= 15 is 0 Å². The molecule has 0 radical (unpaired) electrons. The Bertz CT molecular complexity index is 1330. The fourth-order valence-electron chi connectivity index (χ4n) is 5.28. The molecule has 1 saturated carbocycles. The number of methoxy groups -OCH3 is 2. The summed E-state index contributed by atoms with van der Waals surface area (Å²) >= 11 is 0. The van der Waals surface area contributed by atoms with Crippen molar-refractivity contribution in [2.24, 2.45) is 5.92 Å². The van der Waals surface area contributed by atoms with Crippen LogP contribution in [0.5, 0.6) is 11.5 Å². The smallest absolute Gasteiger partial charge is 0.254 e. The van der Waals surface area contributed by atoms with Crippen molar-refractivity contribution < 1.29 is 32.6 Å². The zero-order valence-electron chi connectivity index (χ0n) is 25.8. The molecule has 3 rings (SSSR count). The number of nitrogens with one attached hydrogen (secondary N) is 1. The molecule has 2 N–H and O–H groups in total. The molecule has 0 aliphatic heterocycles. The molecule has 3 unspecified atom stereocenters. The quantitative estimate of drug-likeness (QED) is 0.303. The molecule has 1 aliphatic carbocycles. The molecule has 238 valence electrons. The first kappa shape index (κ1) is 34.8. The molecule has 10 nitrogen and oxygen atoms in total. The lowest BCUT2D eigenvalue weighted by Crippen LogP contribution is -2.51. The van der Waals surface area contributed by atoms with E-state index in [0.717, 1.165) is 25.7 Å². The van der Waals surface area contributed by atoms with Gasteiger partial charge in [0.15, 0.2) is 0 Å². The van der Waals surface area contributed by atoms with Crippen LogP contribution in [0.15, 0.2) is 47.4 Å². The minimum atomic E-state index is -3.94. The van der Waals surface area contributed by atoms with E-state index < -0.39 is 28.1 Å². The molecule has 2 aromatic carbocycles. The third-order valence-corrected chi connectivity index (χ3v) is 10.1. The molecule has 2 aromatic rings. The Kier molecular flexibility index (Phi) is 12.8. The summed E-state index contributed by atoms with van der Waals surface area (Å²) in [5.41, 5.74) is 0.550. The van der Waals surface area contributed by atoms with Crippen LogP contribution in [0.25, 0.3) is 0 Å². The number of ether oxygens (including phenoxy) is 2. The molecular weight excluding hydrogens is 589 g/mol. The molecule has 43 heavy (non-hydrogen) atoms. The lowest BCUT2D eigenvalue weighted by Gasteiger charge is -2.31. The van der Waals surface area contributed by atoms with Crippen molar-refractivity contribution in [3.05, 3.63) is 53.6 Å². The van der Waals surface area contributed by atoms with Crippen LogP contribution >= 0.6 is 9.24 Å². The monoisotopic (exact) mass is 635 g/mol. The van der Waals surface area contributed by atoms with Crippen molar-refractivity contribution in [2.75, 3.05) is 40.5 Å². The summed E-state index contributed by atoms with van der Waals surface area (Å²) in [6.45, 7) is 3.75. The van der Waals surface area contributed by atoms with Gasteiger partial charge in [-0.25, -0.2) is 8.42 Å². The Morgan fingerprint density at radius 3 is 2.14 bits per heavy atom. The highest BCUT2D eigenvalue weighted by Crippen LogP contribution is 2.25. The number of amides is 2. The summed E-state index contributed by atoms with van der Waals surface area (Å²) in [6, 6.07) is 10.1. The molecule has 0 aromatic heterocycles. The van der Waals surface area contributed by atoms with Crippen LogP contribution in [0.2, 0.25) is 0 Å². The average Bonchev–Trinajstić information content (AvgIpc) is 3.02. The highest BCUT2D eigenvalue weighted by molar-refractivity contribution is 7.89. The maximum Gasteiger partial charge on any atom is 0.254 e. The predicted octanol–water partition coefficient (Wildman–Crippen LogP) is 3.79. The predicted molar refractivity (Wildman–Crippen MR) is 170 cm³/mol. The van der Waals surface area contributed by atoms with Crippen molar-refractivity contribution >= 4 is 31.1 Å². The van der Waals surface area contributed by atoms with Crippen molar-refractivity contribution in [1.82, 2.24) is 14.5 Å². The number of carbonyl (C=O) groups excluding carboxylic acids is 2. The van der Waals surface area contributed by atoms with Gasteiger partial charge in [0.1, 0.15) is 11.5 Å². The number of nitrogens with zero attached hydrogens (tertiary/aromatic N) is 2. The highest BCUT2D eigenvalue weighted by Gasteiger charge is 2.31. The lowest BCUT2D eigenvalue weighted by molar-refractivity contribution is 0.0695. The SMILES string of the molecule is COc1ccc(S(=O)(=O)N(CC(C)C)CC(O)C(CP)NC(=O)c2cc(OC)cc(C(=O)N(C)C3CCCCC3)c2)cc1. The standard InChI is InChI=1S/C31H46N3O7PS/c1-21(2)18-34(43(38,39)27-13-11-25(40-4)12-14-27)19-29(35)28(20-42)32-30(36)22-15-23(17-26(16-22)41-5)31(37)33(3)24-9-7-6-8-10-24/h11-17,21,24,28-29,35H,6-10,18-20,42H2,1-5H3,(H,32,36). The van der Waals surface area contributed by atoms with E-state index in [1.54, 1.807) is 30.1 Å². The number of aliphatic hydroxyl groups is 1. The highest BCUT2D eigenvalue weighted by atomic mass is 32.2. The van der Waals surface area contributed by atoms with E-state index in [2.05, 4.69) is 14.6 Å². The largest absolute Gasteiger partial charge is 0.497 e. The minimum absolute atomic E-state index is 0.0104. The Balaban J connectivity index is 1.79. The molecule has 0 saturated heterocycles. The van der Waals surface area contributed by atoms with Gasteiger partial charge in [0.25, 0.3) is 11.8 Å². The van der Waals surface area contributed by atoms with Gasteiger partial charge in [0.2, 0.25) is 10.0 Å². The van der Waals surface area contributed by atoms with Gasteiger partial charge in [-0.1, -0.05) is 33.1 Å². The van der Waals surface area contributed by atoms with Gasteiger partial charge in [0.05, 0.1) is 31.3 Å². The molecular formula is C31H46N3O7PS. The molecule has 1 fully saturated rings. The van der Waals surface area contributed by atoms with Crippen molar-refractivity contribution in [3.8, 4) is 11.5 Å². The zero-order chi connectivity index (χ0) is 31.7. The normalized spacial score (nSPS) is 15.7. The van der Waals surface area contributed by atoms with Gasteiger partial charge in [-0.15, -0.1) is 9.24 Å². The number of sulfonamides is 1. The first-order valence-corrected chi connectivity index (χ1v) is 17.0. The molecule has 0 heterocycles. The van der Waals surface area contributed by atoms with Crippen LogP contribution in [-0.2, 0) is 10.0 Å². The van der Waals surface area contributed by atoms with E-state index in [1.807, 2.05) is 13.8 Å². The molecule has 3 atom stereocenters. The summed E-state index contributed by atoms with van der Waals surface area (Å²) in [6.07, 6.45) is 4.31. The third kappa shape index (κ3) is 9.14. The molecule has 0 spiro atoms. The Hall–Kier alpha value is -2.72. The number of carbonyl (C=O) groups is 2. The fourth-order valence-corrected chi connectivity index (χ4v) is 7.34. The van der Waals surface area contributed by atoms with Gasteiger partial charge in [-0.3, -0.25) is 9.59 Å². The Labute approximate surface area is 258 Å². The second-order valence-electron chi connectivity index (χ2n) is 11.4. The fraction of sp³-hybridized carbons (Fsp3) is 0.548. The molecule has 12 heteroatoms. The Morgan fingerprint density at radius 1 is 0.977 bits per heavy atom. The first-order chi connectivity index (χ1) is 20.4. The van der Waals surface area contributed by atoms with Crippen molar-refractivity contribution in [1.29, 1.82) is 0 Å². The van der Waals surface area contributed by atoms with E-state index in [4.69, 9.17) is 9.47 Å². The van der Waals surface area contributed by atoms with Crippen molar-refractivity contribution in [2.45, 2.75) is 69.0 Å². The minimum Gasteiger partial charge on any atom is -0.497 e. The van der Waals surface area contributed by atoms with E-state index in [0.29, 0.717) is 17.1 Å². The van der Waals surface area contributed by atoms with Crippen LogP contribution in [-0.4, -0.2) is 93.3 Å². The van der Waals surface area contributed by atoms with Crippen LogP contribution in [0.3, 0.4) is 0 Å². The number of benzene rings is 2. The molecule has 2 amide bonds. The first-order valence-electron chi connectivity index (χ1n) is 14.7. The summed E-state index contributed by atoms with van der Waals surface area (Å²) in [5, 5.41) is 14.0. The van der Waals surface area contributed by atoms with Crippen LogP contribution in [0.1, 0.15) is 66.7 Å². The van der Waals surface area contributed by atoms with Crippen LogP contribution in [0, 0.1) is 5.92 Å². The zero-order valence-corrected chi connectivity index (χ0v) is 27.8. The van der Waals surface area contributed by atoms with E-state index in [9.17, 15) is 23.1 Å². The topological polar surface area (TPSA) is 125 Å². The summed E-state index contributed by atoms with van der Waals surface area (Å²) in [7, 11) is 3.32. The van der Waals surface area contributed by atoms with Gasteiger partial charge in [0, 0.05) is 37.3 Å². The number of hydrogen-bond acceptors (Lipinski definition) is 7. The lowest BCUT2D eigenvalue weighted by atomic mass is 9.94. The van der Waals surface area contributed by atoms with Gasteiger partial charge < -0.3 is 24.8 Å². The van der Waals surface area contributed by atoms with Crippen LogP contribution in [0.4, 0.5) is 0 Å². The summed E-state index contributed by atoms with van der Waals surface area (Å²) < 4.78 is 38.8. The van der Waals surface area contributed by atoms with Crippen LogP contribution < -0.4 is 14.8 Å². The summed E-state index contributed by atoms with van der Waals surface area (Å²) in [5.74, 6) is 0.195. The third-order valence-electron chi connectivity index (χ3n) is 7.79. The van der Waals surface area contributed by atoms with Gasteiger partial charge >= 0.3 is 0 Å². The summed E-state index contributed by atoms with van der Waals surface area (Å²) in [4.78, 5) is 28.6. The van der Waals surface area contributed by atoms with E-state index in [1.165, 1.54) is 49.2 Å². The maximum absolute atomic E-state index is 13.5. The van der Waals surface area contributed by atoms with E-state index in [-0.39, 0.29) is 47.6 Å². The number of rotatable bonds is 14. The Morgan fingerprint density at radius 2 is 1.58 bits per heavy atom. The maximum atomic E-state index is 13.5. The number of aliphatic hydroxyl groups excluding tert-OH is 1. The number of hydrogen-bond donors (Lipinski definition) is 2. The molecule has 0 bridgehead atoms. The molecule has 1 aliphatic rings. The second-order valence-corrected chi connectivity index (χ2v) is 13.8.